The molecule has 2 atom stereocenters. The summed E-state index contributed by atoms with van der Waals surface area (Å²) >= 11 is 0. The molecule has 0 fully saturated rings. The standard InChI is InChI=1S/C63H117NO5/c1-3-5-7-9-11-13-15-17-18-19-22-25-28-32-35-39-43-47-51-55-61(66)60(59-65)64-62(67)56-52-48-44-40-36-33-29-26-23-20-21-24-27-30-34-38-42-46-50-54-58-69-63(68)57-53-49-45-41-37-31-16-14-12-10-8-6-4-2/h8,10,14,16,20,23,51,55,60-61,65-66H,3-7,9,11-13,15,17-19,21-22,24-50,52-54,56-59H2,1-2H3,(H,64,67)/b10-8-,16-14-,23-20-,55-51+. The van der Waals surface area contributed by atoms with Gasteiger partial charge < -0.3 is 20.3 Å². The monoisotopic (exact) mass is 968 g/mol. The first-order valence-electron chi connectivity index (χ1n) is 30.4. The van der Waals surface area contributed by atoms with Gasteiger partial charge in [-0.05, 0) is 83.5 Å². The molecule has 0 aromatic carbocycles. The molecule has 0 heterocycles. The van der Waals surface area contributed by atoms with Crippen molar-refractivity contribution in [1.82, 2.24) is 5.32 Å². The Hall–Kier alpha value is -2.18. The highest BCUT2D eigenvalue weighted by molar-refractivity contribution is 5.76. The summed E-state index contributed by atoms with van der Waals surface area (Å²) in [5, 5.41) is 23.2. The summed E-state index contributed by atoms with van der Waals surface area (Å²) in [6.07, 6.45) is 74.3. The number of carbonyl (C=O) groups excluding carboxylic acids is 2. The van der Waals surface area contributed by atoms with Gasteiger partial charge in [0.1, 0.15) is 0 Å². The predicted molar refractivity (Wildman–Crippen MR) is 301 cm³/mol. The van der Waals surface area contributed by atoms with Crippen LogP contribution in [0.4, 0.5) is 0 Å². The van der Waals surface area contributed by atoms with E-state index in [4.69, 9.17) is 4.74 Å². The highest BCUT2D eigenvalue weighted by atomic mass is 16.5. The van der Waals surface area contributed by atoms with Gasteiger partial charge in [-0.15, -0.1) is 0 Å². The van der Waals surface area contributed by atoms with Crippen molar-refractivity contribution in [2.45, 2.75) is 328 Å². The van der Waals surface area contributed by atoms with Crippen molar-refractivity contribution in [1.29, 1.82) is 0 Å². The van der Waals surface area contributed by atoms with Crippen LogP contribution in [0.1, 0.15) is 316 Å². The molecule has 1 amide bonds. The molecule has 0 spiro atoms. The number of carbonyl (C=O) groups is 2. The van der Waals surface area contributed by atoms with Crippen LogP contribution in [0.3, 0.4) is 0 Å². The van der Waals surface area contributed by atoms with Crippen LogP contribution in [0.15, 0.2) is 48.6 Å². The fraction of sp³-hybridized carbons (Fsp3) is 0.841. The Kier molecular flexibility index (Phi) is 56.5. The SMILES string of the molecule is CCC/C=C\C/C=C\CCCCCCCC(=O)OCCCCCCCCCCC/C=C\CCCCCCCCCC(=O)NC(CO)C(O)/C=C/CCCCCCCCCCCCCCCCCCC. The number of aliphatic hydroxyl groups excluding tert-OH is 2. The molecule has 3 N–H and O–H groups in total. The second-order valence-corrected chi connectivity index (χ2v) is 20.7. The summed E-state index contributed by atoms with van der Waals surface area (Å²) in [4.78, 5) is 24.5. The zero-order valence-corrected chi connectivity index (χ0v) is 46.0. The van der Waals surface area contributed by atoms with Gasteiger partial charge in [0.15, 0.2) is 0 Å². The third-order valence-electron chi connectivity index (χ3n) is 13.8. The molecule has 404 valence electrons. The van der Waals surface area contributed by atoms with E-state index in [1.807, 2.05) is 6.08 Å². The summed E-state index contributed by atoms with van der Waals surface area (Å²) in [6, 6.07) is -0.636. The summed E-state index contributed by atoms with van der Waals surface area (Å²) < 4.78 is 5.46. The number of ether oxygens (including phenoxy) is 1. The van der Waals surface area contributed by atoms with E-state index < -0.39 is 12.1 Å². The molecule has 0 saturated heterocycles. The largest absolute Gasteiger partial charge is 0.466 e. The molecule has 0 radical (unpaired) electrons. The Balaban J connectivity index is 3.48. The Labute approximate surface area is 429 Å². The number of amides is 1. The van der Waals surface area contributed by atoms with E-state index in [0.29, 0.717) is 19.4 Å². The number of aliphatic hydroxyl groups is 2. The summed E-state index contributed by atoms with van der Waals surface area (Å²) in [6.45, 7) is 4.83. The lowest BCUT2D eigenvalue weighted by Crippen LogP contribution is -2.45. The third kappa shape index (κ3) is 55.0. The van der Waals surface area contributed by atoms with E-state index in [-0.39, 0.29) is 18.5 Å². The molecule has 6 heteroatoms. The predicted octanol–water partition coefficient (Wildman–Crippen LogP) is 19.0. The minimum absolute atomic E-state index is 0.0101. The van der Waals surface area contributed by atoms with Crippen LogP contribution in [-0.2, 0) is 14.3 Å². The maximum Gasteiger partial charge on any atom is 0.305 e. The molecule has 0 saturated carbocycles. The van der Waals surface area contributed by atoms with Crippen LogP contribution in [0.25, 0.3) is 0 Å². The normalized spacial score (nSPS) is 12.9. The Morgan fingerprint density at radius 3 is 1.17 bits per heavy atom. The number of hydrogen-bond acceptors (Lipinski definition) is 5. The zero-order valence-electron chi connectivity index (χ0n) is 46.0. The highest BCUT2D eigenvalue weighted by Crippen LogP contribution is 2.17. The number of unbranched alkanes of at least 4 members (excludes halogenated alkanes) is 39. The molecular formula is C63H117NO5. The smallest absolute Gasteiger partial charge is 0.305 e. The molecule has 0 aliphatic rings. The van der Waals surface area contributed by atoms with E-state index in [1.54, 1.807) is 6.08 Å². The van der Waals surface area contributed by atoms with Gasteiger partial charge in [-0.2, -0.15) is 0 Å². The number of allylic oxidation sites excluding steroid dienone is 7. The van der Waals surface area contributed by atoms with Crippen LogP contribution in [0.5, 0.6) is 0 Å². The minimum atomic E-state index is -0.852. The molecule has 0 rings (SSSR count). The van der Waals surface area contributed by atoms with Crippen LogP contribution < -0.4 is 5.32 Å². The zero-order chi connectivity index (χ0) is 50.0. The number of esters is 1. The van der Waals surface area contributed by atoms with Crippen molar-refractivity contribution in [3.05, 3.63) is 48.6 Å². The van der Waals surface area contributed by atoms with Gasteiger partial charge in [0.2, 0.25) is 5.91 Å². The Bertz CT molecular complexity index is 1160. The molecule has 0 aliphatic carbocycles. The van der Waals surface area contributed by atoms with Gasteiger partial charge in [-0.25, -0.2) is 0 Å². The van der Waals surface area contributed by atoms with Crippen molar-refractivity contribution < 1.29 is 24.5 Å². The molecule has 0 aromatic heterocycles. The minimum Gasteiger partial charge on any atom is -0.466 e. The van der Waals surface area contributed by atoms with Gasteiger partial charge in [-0.1, -0.05) is 268 Å². The van der Waals surface area contributed by atoms with E-state index >= 15 is 0 Å². The van der Waals surface area contributed by atoms with Crippen LogP contribution in [-0.4, -0.2) is 47.4 Å². The molecule has 69 heavy (non-hydrogen) atoms. The number of rotatable bonds is 56. The highest BCUT2D eigenvalue weighted by Gasteiger charge is 2.18. The van der Waals surface area contributed by atoms with Gasteiger partial charge in [-0.3, -0.25) is 9.59 Å². The summed E-state index contributed by atoms with van der Waals surface area (Å²) in [7, 11) is 0. The first-order chi connectivity index (χ1) is 34.0. The summed E-state index contributed by atoms with van der Waals surface area (Å²) in [5.74, 6) is -0.0857. The van der Waals surface area contributed by atoms with Crippen molar-refractivity contribution >= 4 is 11.9 Å². The van der Waals surface area contributed by atoms with Gasteiger partial charge in [0, 0.05) is 12.8 Å². The second kappa shape index (κ2) is 58.4. The first kappa shape index (κ1) is 66.8. The maximum atomic E-state index is 12.5. The molecule has 2 unspecified atom stereocenters. The van der Waals surface area contributed by atoms with Crippen molar-refractivity contribution in [2.24, 2.45) is 0 Å². The average Bonchev–Trinajstić information content (AvgIpc) is 3.35. The average molecular weight is 969 g/mol. The van der Waals surface area contributed by atoms with E-state index in [1.165, 1.54) is 231 Å². The van der Waals surface area contributed by atoms with Crippen molar-refractivity contribution in [3.8, 4) is 0 Å². The quantitative estimate of drug-likeness (QED) is 0.0321. The Morgan fingerprint density at radius 2 is 0.754 bits per heavy atom. The lowest BCUT2D eigenvalue weighted by atomic mass is 10.0. The molecule has 0 bridgehead atoms. The fourth-order valence-electron chi connectivity index (χ4n) is 9.14. The third-order valence-corrected chi connectivity index (χ3v) is 13.8. The second-order valence-electron chi connectivity index (χ2n) is 20.7. The van der Waals surface area contributed by atoms with Crippen molar-refractivity contribution in [2.75, 3.05) is 13.2 Å². The van der Waals surface area contributed by atoms with Crippen LogP contribution in [0.2, 0.25) is 0 Å². The van der Waals surface area contributed by atoms with Crippen LogP contribution >= 0.6 is 0 Å². The van der Waals surface area contributed by atoms with Crippen molar-refractivity contribution in [3.63, 3.8) is 0 Å². The maximum absolute atomic E-state index is 12.5. The lowest BCUT2D eigenvalue weighted by Gasteiger charge is -2.20. The van der Waals surface area contributed by atoms with E-state index in [2.05, 4.69) is 55.6 Å². The number of nitrogens with one attached hydrogen (secondary N) is 1. The summed E-state index contributed by atoms with van der Waals surface area (Å²) in [5.41, 5.74) is 0. The molecule has 0 aromatic rings. The molecular weight excluding hydrogens is 851 g/mol. The van der Waals surface area contributed by atoms with E-state index in [9.17, 15) is 19.8 Å². The lowest BCUT2D eigenvalue weighted by molar-refractivity contribution is -0.143. The van der Waals surface area contributed by atoms with Gasteiger partial charge in [0.05, 0.1) is 25.4 Å². The molecule has 0 aliphatic heterocycles. The van der Waals surface area contributed by atoms with Gasteiger partial charge >= 0.3 is 5.97 Å². The van der Waals surface area contributed by atoms with E-state index in [0.717, 1.165) is 57.8 Å². The topological polar surface area (TPSA) is 95.9 Å². The van der Waals surface area contributed by atoms with Crippen LogP contribution in [0, 0.1) is 0 Å². The molecule has 6 nitrogen and oxygen atoms in total. The fourth-order valence-corrected chi connectivity index (χ4v) is 9.14. The van der Waals surface area contributed by atoms with Gasteiger partial charge in [0.25, 0.3) is 0 Å². The number of hydrogen-bond donors (Lipinski definition) is 3. The first-order valence-corrected chi connectivity index (χ1v) is 30.4. The Morgan fingerprint density at radius 1 is 0.406 bits per heavy atom.